The number of esters is 1. The number of carbonyl (C=O) groups is 1. The summed E-state index contributed by atoms with van der Waals surface area (Å²) in [6.45, 7) is 2.08. The lowest BCUT2D eigenvalue weighted by atomic mass is 10.2. The van der Waals surface area contributed by atoms with Gasteiger partial charge in [0.05, 0.1) is 0 Å². The van der Waals surface area contributed by atoms with Gasteiger partial charge in [0.1, 0.15) is 5.75 Å². The van der Waals surface area contributed by atoms with E-state index in [4.69, 9.17) is 4.74 Å². The lowest BCUT2D eigenvalue weighted by molar-refractivity contribution is -0.134. The average Bonchev–Trinajstić information content (AvgIpc) is 2.28. The van der Waals surface area contributed by atoms with E-state index in [1.54, 1.807) is 12.1 Å². The molecule has 0 atom stereocenters. The number of benzene rings is 1. The van der Waals surface area contributed by atoms with E-state index in [1.165, 1.54) is 0 Å². The van der Waals surface area contributed by atoms with Crippen LogP contribution in [0, 0.1) is 0 Å². The summed E-state index contributed by atoms with van der Waals surface area (Å²) in [5, 5.41) is 0. The second-order valence-corrected chi connectivity index (χ2v) is 7.28. The van der Waals surface area contributed by atoms with Crippen molar-refractivity contribution in [2.24, 2.45) is 0 Å². The molecule has 16 heavy (non-hydrogen) atoms. The number of unbranched alkanes of at least 4 members (excludes halogenated alkanes) is 1. The minimum absolute atomic E-state index is 0.313. The van der Waals surface area contributed by atoms with E-state index in [9.17, 15) is 4.79 Å². The molecule has 0 saturated heterocycles. The van der Waals surface area contributed by atoms with Crippen LogP contribution in [0.15, 0.2) is 30.3 Å². The van der Waals surface area contributed by atoms with Gasteiger partial charge in [-0.3, -0.25) is 0 Å². The lowest BCUT2D eigenvalue weighted by Crippen LogP contribution is -2.29. The van der Waals surface area contributed by atoms with Crippen molar-refractivity contribution in [1.29, 1.82) is 0 Å². The van der Waals surface area contributed by atoms with Gasteiger partial charge >= 0.3 is 5.97 Å². The van der Waals surface area contributed by atoms with Gasteiger partial charge in [-0.25, -0.2) is 4.79 Å². The van der Waals surface area contributed by atoms with Gasteiger partial charge in [0.2, 0.25) is 0 Å². The SMILES string of the molecule is CCCCC(Br)(Br)C(=O)Oc1ccccc1. The van der Waals surface area contributed by atoms with E-state index in [-0.39, 0.29) is 5.97 Å². The fourth-order valence-corrected chi connectivity index (χ4v) is 1.89. The molecule has 1 aromatic rings. The van der Waals surface area contributed by atoms with Crippen molar-refractivity contribution in [1.82, 2.24) is 0 Å². The molecule has 0 unspecified atom stereocenters. The van der Waals surface area contributed by atoms with E-state index >= 15 is 0 Å². The Labute approximate surface area is 113 Å². The molecule has 0 amide bonds. The maximum atomic E-state index is 11.8. The van der Waals surface area contributed by atoms with Gasteiger partial charge in [0, 0.05) is 0 Å². The Balaban J connectivity index is 2.58. The summed E-state index contributed by atoms with van der Waals surface area (Å²) in [5.74, 6) is 0.249. The Kier molecular flexibility index (Phi) is 5.49. The highest BCUT2D eigenvalue weighted by molar-refractivity contribution is 9.25. The number of ether oxygens (including phenoxy) is 1. The van der Waals surface area contributed by atoms with Gasteiger partial charge in [-0.05, 0) is 18.6 Å². The predicted molar refractivity (Wildman–Crippen MR) is 72.2 cm³/mol. The third-order valence-electron chi connectivity index (χ3n) is 2.10. The van der Waals surface area contributed by atoms with Crippen LogP contribution in [0.2, 0.25) is 0 Å². The maximum Gasteiger partial charge on any atom is 0.339 e. The van der Waals surface area contributed by atoms with Crippen LogP contribution in [0.25, 0.3) is 0 Å². The number of alkyl halides is 2. The van der Waals surface area contributed by atoms with Crippen LogP contribution in [0.1, 0.15) is 26.2 Å². The summed E-state index contributed by atoms with van der Waals surface area (Å²) >= 11 is 6.70. The molecule has 0 saturated carbocycles. The van der Waals surface area contributed by atoms with Gasteiger partial charge in [-0.1, -0.05) is 69.8 Å². The van der Waals surface area contributed by atoms with Crippen molar-refractivity contribution in [3.05, 3.63) is 30.3 Å². The zero-order valence-corrected chi connectivity index (χ0v) is 12.3. The Morgan fingerprint density at radius 1 is 1.31 bits per heavy atom. The number of hydrogen-bond donors (Lipinski definition) is 0. The van der Waals surface area contributed by atoms with Crippen LogP contribution >= 0.6 is 31.9 Å². The maximum absolute atomic E-state index is 11.8. The van der Waals surface area contributed by atoms with Gasteiger partial charge < -0.3 is 4.74 Å². The molecular weight excluding hydrogens is 336 g/mol. The molecule has 0 bridgehead atoms. The van der Waals surface area contributed by atoms with E-state index in [0.717, 1.165) is 12.8 Å². The highest BCUT2D eigenvalue weighted by Gasteiger charge is 2.33. The summed E-state index contributed by atoms with van der Waals surface area (Å²) in [7, 11) is 0. The minimum atomic E-state index is -0.772. The molecule has 4 heteroatoms. The van der Waals surface area contributed by atoms with Crippen LogP contribution in [0.3, 0.4) is 0 Å². The van der Waals surface area contributed by atoms with Gasteiger partial charge in [-0.2, -0.15) is 0 Å². The zero-order chi connectivity index (χ0) is 12.0. The Morgan fingerprint density at radius 3 is 2.50 bits per heavy atom. The molecule has 2 nitrogen and oxygen atoms in total. The first-order valence-electron chi connectivity index (χ1n) is 5.21. The highest BCUT2D eigenvalue weighted by Crippen LogP contribution is 2.34. The third-order valence-corrected chi connectivity index (χ3v) is 3.54. The van der Waals surface area contributed by atoms with E-state index < -0.39 is 3.23 Å². The van der Waals surface area contributed by atoms with Crippen molar-refractivity contribution < 1.29 is 9.53 Å². The largest absolute Gasteiger partial charge is 0.425 e. The zero-order valence-electron chi connectivity index (χ0n) is 9.08. The number of halogens is 2. The molecule has 0 spiro atoms. The van der Waals surface area contributed by atoms with Gasteiger partial charge in [0.15, 0.2) is 3.23 Å². The molecule has 1 rings (SSSR count). The summed E-state index contributed by atoms with van der Waals surface area (Å²) in [5.41, 5.74) is 0. The van der Waals surface area contributed by atoms with Crippen LogP contribution in [-0.2, 0) is 4.79 Å². The fourth-order valence-electron chi connectivity index (χ4n) is 1.17. The van der Waals surface area contributed by atoms with Crippen LogP contribution in [0.4, 0.5) is 0 Å². The molecule has 1 aromatic carbocycles. The molecule has 0 aliphatic heterocycles. The van der Waals surface area contributed by atoms with Crippen molar-refractivity contribution in [2.45, 2.75) is 29.4 Å². The molecule has 0 aliphatic rings. The first kappa shape index (κ1) is 13.7. The molecule has 0 N–H and O–H groups in total. The molecule has 0 aliphatic carbocycles. The topological polar surface area (TPSA) is 26.3 Å². The van der Waals surface area contributed by atoms with Crippen molar-refractivity contribution in [3.63, 3.8) is 0 Å². The average molecular weight is 350 g/mol. The third kappa shape index (κ3) is 4.26. The quantitative estimate of drug-likeness (QED) is 0.451. The van der Waals surface area contributed by atoms with E-state index in [1.807, 2.05) is 18.2 Å². The summed E-state index contributed by atoms with van der Waals surface area (Å²) in [6, 6.07) is 9.06. The lowest BCUT2D eigenvalue weighted by Gasteiger charge is -2.18. The monoisotopic (exact) mass is 348 g/mol. The smallest absolute Gasteiger partial charge is 0.339 e. The minimum Gasteiger partial charge on any atom is -0.425 e. The number of hydrogen-bond acceptors (Lipinski definition) is 2. The Bertz CT molecular complexity index is 336. The van der Waals surface area contributed by atoms with Crippen LogP contribution in [-0.4, -0.2) is 9.20 Å². The second kappa shape index (κ2) is 6.40. The van der Waals surface area contributed by atoms with Crippen molar-refractivity contribution in [3.8, 4) is 5.75 Å². The van der Waals surface area contributed by atoms with Crippen molar-refractivity contribution >= 4 is 37.8 Å². The van der Waals surface area contributed by atoms with Gasteiger partial charge in [0.25, 0.3) is 0 Å². The number of para-hydroxylation sites is 1. The number of rotatable bonds is 5. The summed E-state index contributed by atoms with van der Waals surface area (Å²) in [6.07, 6.45) is 2.70. The Hall–Kier alpha value is -0.350. The molecule has 0 fully saturated rings. The molecule has 0 aromatic heterocycles. The normalized spacial score (nSPS) is 11.2. The highest BCUT2D eigenvalue weighted by atomic mass is 79.9. The number of carbonyl (C=O) groups excluding carboxylic acids is 1. The van der Waals surface area contributed by atoms with E-state index in [0.29, 0.717) is 12.2 Å². The van der Waals surface area contributed by atoms with Crippen molar-refractivity contribution in [2.75, 3.05) is 0 Å². The molecule has 0 heterocycles. The standard InChI is InChI=1S/C12H14Br2O2/c1-2-3-9-12(13,14)11(15)16-10-7-5-4-6-8-10/h4-8H,2-3,9H2,1H3. The molecule has 0 radical (unpaired) electrons. The van der Waals surface area contributed by atoms with Crippen LogP contribution < -0.4 is 4.74 Å². The molecular formula is C12H14Br2O2. The van der Waals surface area contributed by atoms with Gasteiger partial charge in [-0.15, -0.1) is 0 Å². The predicted octanol–water partition coefficient (Wildman–Crippen LogP) is 4.27. The first-order chi connectivity index (χ1) is 7.56. The fraction of sp³-hybridized carbons (Fsp3) is 0.417. The first-order valence-corrected chi connectivity index (χ1v) is 6.80. The second-order valence-electron chi connectivity index (χ2n) is 3.51. The molecule has 88 valence electrons. The van der Waals surface area contributed by atoms with Crippen LogP contribution in [0.5, 0.6) is 5.75 Å². The summed E-state index contributed by atoms with van der Waals surface area (Å²) < 4.78 is 4.47. The summed E-state index contributed by atoms with van der Waals surface area (Å²) in [4.78, 5) is 11.8. The van der Waals surface area contributed by atoms with E-state index in [2.05, 4.69) is 38.8 Å². The Morgan fingerprint density at radius 2 is 1.94 bits per heavy atom.